The Hall–Kier alpha value is -2.88. The van der Waals surface area contributed by atoms with Crippen molar-refractivity contribution < 1.29 is 58.5 Å². The number of hydrogen-bond donors (Lipinski definition) is 1. The number of nitrogens with one attached hydrogen (secondary N) is 1. The number of rotatable bonds is 10. The molecule has 0 saturated carbocycles. The van der Waals surface area contributed by atoms with Crippen LogP contribution >= 0.6 is 11.6 Å². The number of likely N-dealkylation sites (tertiary alicyclic amines) is 1. The predicted molar refractivity (Wildman–Crippen MR) is 141 cm³/mol. The fraction of sp³-hybridized carbons (Fsp3) is 0.276. The van der Waals surface area contributed by atoms with Crippen LogP contribution in [-0.2, 0) is 20.7 Å². The molecule has 2 amide bonds. The molecule has 1 saturated heterocycles. The molecule has 4 rings (SSSR count). The monoisotopic (exact) mass is 558 g/mol. The smallest absolute Gasteiger partial charge is 0.545 e. The van der Waals surface area contributed by atoms with Gasteiger partial charge in [-0.25, -0.2) is 0 Å². The third kappa shape index (κ3) is 9.08. The normalized spacial score (nSPS) is 14.7. The number of piperidine rings is 1. The van der Waals surface area contributed by atoms with E-state index in [1.54, 1.807) is 4.90 Å². The van der Waals surface area contributed by atoms with Crippen molar-refractivity contribution in [3.8, 4) is 5.75 Å². The van der Waals surface area contributed by atoms with Gasteiger partial charge in [0.15, 0.2) is 6.23 Å². The summed E-state index contributed by atoms with van der Waals surface area (Å²) in [7, 11) is 0. The molecule has 1 aliphatic rings. The number of carboxylic acids is 1. The summed E-state index contributed by atoms with van der Waals surface area (Å²) in [6.07, 6.45) is 2.89. The maximum Gasteiger partial charge on any atom is 1.00 e. The Morgan fingerprint density at radius 3 is 2.38 bits per heavy atom. The Balaban J connectivity index is 0.00000420. The molecule has 1 fully saturated rings. The minimum absolute atomic E-state index is 0. The molecule has 10 heteroatoms. The minimum atomic E-state index is -1.47. The van der Waals surface area contributed by atoms with E-state index < -0.39 is 24.7 Å². The third-order valence-electron chi connectivity index (χ3n) is 6.15. The zero-order chi connectivity index (χ0) is 26.9. The van der Waals surface area contributed by atoms with Gasteiger partial charge in [0.25, 0.3) is 5.91 Å². The standard InChI is InChI=1S/C29H29ClN2O6.Na/c30-22-11-14-25(24(17-22)29(35)36)31-26(33)18-37-19-27(34)32-15-5-4-8-28(32)38-23-12-9-21(10-13-23)16-20-6-2-1-3-7-20;/h1-3,6-7,9-14,17,28H,4-5,8,15-16,18-19H2,(H,31,33)(H,35,36);/q;+1/p-1. The van der Waals surface area contributed by atoms with E-state index in [0.717, 1.165) is 24.8 Å². The van der Waals surface area contributed by atoms with Crippen molar-refractivity contribution >= 4 is 35.1 Å². The molecule has 1 N–H and O–H groups in total. The zero-order valence-corrected chi connectivity index (χ0v) is 24.5. The van der Waals surface area contributed by atoms with Crippen LogP contribution in [0.4, 0.5) is 5.69 Å². The van der Waals surface area contributed by atoms with Crippen LogP contribution in [0.25, 0.3) is 0 Å². The molecule has 39 heavy (non-hydrogen) atoms. The summed E-state index contributed by atoms with van der Waals surface area (Å²) < 4.78 is 11.5. The van der Waals surface area contributed by atoms with Crippen molar-refractivity contribution in [3.05, 3.63) is 94.5 Å². The van der Waals surface area contributed by atoms with Gasteiger partial charge in [0.1, 0.15) is 19.0 Å². The molecule has 3 aromatic rings. The first-order valence-electron chi connectivity index (χ1n) is 12.4. The maximum absolute atomic E-state index is 12.9. The van der Waals surface area contributed by atoms with E-state index in [4.69, 9.17) is 21.1 Å². The summed E-state index contributed by atoms with van der Waals surface area (Å²) >= 11 is 5.81. The molecule has 0 aromatic heterocycles. The number of hydrogen-bond acceptors (Lipinski definition) is 6. The van der Waals surface area contributed by atoms with E-state index in [0.29, 0.717) is 18.7 Å². The van der Waals surface area contributed by atoms with Crippen molar-refractivity contribution in [2.75, 3.05) is 25.1 Å². The maximum atomic E-state index is 12.9. The Kier molecular flexibility index (Phi) is 11.8. The van der Waals surface area contributed by atoms with Crippen molar-refractivity contribution in [2.45, 2.75) is 31.9 Å². The second-order valence-corrected chi connectivity index (χ2v) is 9.42. The first-order chi connectivity index (χ1) is 18.4. The van der Waals surface area contributed by atoms with Gasteiger partial charge in [-0.1, -0.05) is 54.1 Å². The third-order valence-corrected chi connectivity index (χ3v) is 6.38. The SMILES string of the molecule is O=C(COCC(=O)N1CCCCC1Oc1ccc(Cc2ccccc2)cc1)Nc1ccc(Cl)cc1C(=O)[O-].[Na+]. The van der Waals surface area contributed by atoms with Crippen molar-refractivity contribution in [2.24, 2.45) is 0 Å². The first-order valence-corrected chi connectivity index (χ1v) is 12.7. The van der Waals surface area contributed by atoms with Crippen molar-refractivity contribution in [1.82, 2.24) is 4.90 Å². The fourth-order valence-electron chi connectivity index (χ4n) is 4.28. The van der Waals surface area contributed by atoms with Gasteiger partial charge < -0.3 is 29.6 Å². The Bertz CT molecular complexity index is 1270. The molecule has 0 radical (unpaired) electrons. The van der Waals surface area contributed by atoms with E-state index in [1.165, 1.54) is 23.8 Å². The minimum Gasteiger partial charge on any atom is -0.545 e. The number of ether oxygens (including phenoxy) is 2. The number of nitrogens with zero attached hydrogens (tertiary/aromatic N) is 1. The number of halogens is 1. The van der Waals surface area contributed by atoms with Gasteiger partial charge in [-0.15, -0.1) is 0 Å². The largest absolute Gasteiger partial charge is 1.00 e. The van der Waals surface area contributed by atoms with Crippen molar-refractivity contribution in [1.29, 1.82) is 0 Å². The Morgan fingerprint density at radius 1 is 0.949 bits per heavy atom. The average molecular weight is 559 g/mol. The van der Waals surface area contributed by atoms with Crippen molar-refractivity contribution in [3.63, 3.8) is 0 Å². The molecule has 3 aromatic carbocycles. The molecular weight excluding hydrogens is 531 g/mol. The second-order valence-electron chi connectivity index (χ2n) is 8.98. The topological polar surface area (TPSA) is 108 Å². The van der Waals surface area contributed by atoms with Gasteiger partial charge in [0.05, 0.1) is 5.97 Å². The molecular formula is C29H28ClN2NaO6. The number of amides is 2. The molecule has 0 bridgehead atoms. The number of carbonyl (C=O) groups excluding carboxylic acids is 3. The molecule has 198 valence electrons. The summed E-state index contributed by atoms with van der Waals surface area (Å²) in [5.41, 5.74) is 2.18. The summed E-state index contributed by atoms with van der Waals surface area (Å²) in [6.45, 7) is -0.203. The zero-order valence-electron chi connectivity index (χ0n) is 21.7. The van der Waals surface area contributed by atoms with E-state index in [-0.39, 0.29) is 58.3 Å². The first kappa shape index (κ1) is 30.7. The summed E-state index contributed by atoms with van der Waals surface area (Å²) in [4.78, 5) is 38.0. The second kappa shape index (κ2) is 15.1. The summed E-state index contributed by atoms with van der Waals surface area (Å²) in [6, 6.07) is 22.1. The number of carboxylic acid groups (broad SMARTS) is 1. The van der Waals surface area contributed by atoms with Gasteiger partial charge in [0.2, 0.25) is 5.91 Å². The molecule has 1 aliphatic heterocycles. The Labute approximate surface area is 254 Å². The summed E-state index contributed by atoms with van der Waals surface area (Å²) in [5.74, 6) is -1.69. The van der Waals surface area contributed by atoms with Gasteiger partial charge in [-0.05, 0) is 60.7 Å². The van der Waals surface area contributed by atoms with Crippen LogP contribution in [0.15, 0.2) is 72.8 Å². The number of benzene rings is 3. The molecule has 1 atom stereocenters. The van der Waals surface area contributed by atoms with Crippen LogP contribution in [0.1, 0.15) is 40.7 Å². The van der Waals surface area contributed by atoms with Gasteiger partial charge in [0, 0.05) is 29.2 Å². The van der Waals surface area contributed by atoms with Crippen LogP contribution in [0.2, 0.25) is 5.02 Å². The van der Waals surface area contributed by atoms with Crippen LogP contribution in [0.5, 0.6) is 5.75 Å². The molecule has 1 unspecified atom stereocenters. The van der Waals surface area contributed by atoms with Crippen LogP contribution < -0.4 is 44.7 Å². The quantitative estimate of drug-likeness (QED) is 0.367. The Morgan fingerprint density at radius 2 is 1.67 bits per heavy atom. The molecule has 0 spiro atoms. The number of aromatic carboxylic acids is 1. The molecule has 1 heterocycles. The van der Waals surface area contributed by atoms with E-state index in [2.05, 4.69) is 17.4 Å². The number of anilines is 1. The van der Waals surface area contributed by atoms with E-state index >= 15 is 0 Å². The van der Waals surface area contributed by atoms with Crippen LogP contribution in [-0.4, -0.2) is 48.7 Å². The van der Waals surface area contributed by atoms with Gasteiger partial charge in [-0.2, -0.15) is 0 Å². The van der Waals surface area contributed by atoms with Gasteiger partial charge >= 0.3 is 29.6 Å². The molecule has 0 aliphatic carbocycles. The van der Waals surface area contributed by atoms with E-state index in [9.17, 15) is 19.5 Å². The van der Waals surface area contributed by atoms with Gasteiger partial charge in [-0.3, -0.25) is 9.59 Å². The van der Waals surface area contributed by atoms with Crippen LogP contribution in [0, 0.1) is 0 Å². The fourth-order valence-corrected chi connectivity index (χ4v) is 4.45. The number of carbonyl (C=O) groups is 3. The predicted octanol–water partition coefficient (Wildman–Crippen LogP) is 0.671. The summed E-state index contributed by atoms with van der Waals surface area (Å²) in [5, 5.41) is 13.9. The van der Waals surface area contributed by atoms with Crippen LogP contribution in [0.3, 0.4) is 0 Å². The average Bonchev–Trinajstić information content (AvgIpc) is 2.91. The van der Waals surface area contributed by atoms with E-state index in [1.807, 2.05) is 42.5 Å². The molecule has 8 nitrogen and oxygen atoms in total.